The van der Waals surface area contributed by atoms with Crippen molar-refractivity contribution in [1.29, 1.82) is 0 Å². The van der Waals surface area contributed by atoms with Crippen LogP contribution >= 0.6 is 0 Å². The SMILES string of the molecule is COc1ccc(CNC(=O)[C@H](C)OC(=O)/C=C/c2ccccc2)cc1. The summed E-state index contributed by atoms with van der Waals surface area (Å²) in [7, 11) is 1.60. The molecule has 1 atom stereocenters. The minimum Gasteiger partial charge on any atom is -0.497 e. The van der Waals surface area contributed by atoms with E-state index in [-0.39, 0.29) is 5.91 Å². The molecule has 2 rings (SSSR count). The van der Waals surface area contributed by atoms with Gasteiger partial charge in [-0.25, -0.2) is 4.79 Å². The lowest BCUT2D eigenvalue weighted by Gasteiger charge is -2.12. The number of nitrogens with one attached hydrogen (secondary N) is 1. The highest BCUT2D eigenvalue weighted by Gasteiger charge is 2.16. The highest BCUT2D eigenvalue weighted by atomic mass is 16.5. The summed E-state index contributed by atoms with van der Waals surface area (Å²) in [5, 5.41) is 2.73. The van der Waals surface area contributed by atoms with Crippen molar-refractivity contribution < 1.29 is 19.1 Å². The minimum atomic E-state index is -0.869. The van der Waals surface area contributed by atoms with E-state index < -0.39 is 12.1 Å². The predicted octanol–water partition coefficient (Wildman–Crippen LogP) is 2.96. The number of esters is 1. The molecule has 130 valence electrons. The average Bonchev–Trinajstić information content (AvgIpc) is 2.65. The van der Waals surface area contributed by atoms with Crippen molar-refractivity contribution in [2.75, 3.05) is 7.11 Å². The smallest absolute Gasteiger partial charge is 0.331 e. The van der Waals surface area contributed by atoms with Gasteiger partial charge in [0.05, 0.1) is 7.11 Å². The summed E-state index contributed by atoms with van der Waals surface area (Å²) in [5.74, 6) is -0.157. The fraction of sp³-hybridized carbons (Fsp3) is 0.200. The number of rotatable bonds is 7. The highest BCUT2D eigenvalue weighted by Crippen LogP contribution is 2.11. The van der Waals surface area contributed by atoms with Gasteiger partial charge in [0, 0.05) is 12.6 Å². The van der Waals surface area contributed by atoms with Crippen LogP contribution in [0.4, 0.5) is 0 Å². The Morgan fingerprint density at radius 3 is 2.40 bits per heavy atom. The first-order chi connectivity index (χ1) is 12.1. The molecule has 0 aromatic heterocycles. The molecule has 1 N–H and O–H groups in total. The lowest BCUT2D eigenvalue weighted by atomic mass is 10.2. The Bertz CT molecular complexity index is 723. The Morgan fingerprint density at radius 1 is 1.08 bits per heavy atom. The van der Waals surface area contributed by atoms with Crippen molar-refractivity contribution in [3.63, 3.8) is 0 Å². The average molecular weight is 339 g/mol. The van der Waals surface area contributed by atoms with Gasteiger partial charge in [0.25, 0.3) is 5.91 Å². The maximum atomic E-state index is 12.0. The van der Waals surface area contributed by atoms with Gasteiger partial charge in [-0.3, -0.25) is 4.79 Å². The summed E-state index contributed by atoms with van der Waals surface area (Å²) in [6.45, 7) is 1.89. The number of methoxy groups -OCH3 is 1. The van der Waals surface area contributed by atoms with Crippen LogP contribution in [0.5, 0.6) is 5.75 Å². The molecule has 0 radical (unpaired) electrons. The van der Waals surface area contributed by atoms with Gasteiger partial charge in [-0.1, -0.05) is 42.5 Å². The van der Waals surface area contributed by atoms with Crippen molar-refractivity contribution in [1.82, 2.24) is 5.32 Å². The molecule has 5 heteroatoms. The van der Waals surface area contributed by atoms with Gasteiger partial charge in [0.1, 0.15) is 5.75 Å². The topological polar surface area (TPSA) is 64.6 Å². The number of hydrogen-bond acceptors (Lipinski definition) is 4. The van der Waals surface area contributed by atoms with Gasteiger partial charge < -0.3 is 14.8 Å². The summed E-state index contributed by atoms with van der Waals surface area (Å²) in [4.78, 5) is 23.8. The second-order valence-electron chi connectivity index (χ2n) is 5.39. The first-order valence-corrected chi connectivity index (χ1v) is 7.93. The zero-order chi connectivity index (χ0) is 18.1. The van der Waals surface area contributed by atoms with Gasteiger partial charge in [-0.05, 0) is 36.3 Å². The summed E-state index contributed by atoms with van der Waals surface area (Å²) in [5.41, 5.74) is 1.81. The monoisotopic (exact) mass is 339 g/mol. The zero-order valence-electron chi connectivity index (χ0n) is 14.3. The molecule has 0 aliphatic carbocycles. The molecule has 0 saturated heterocycles. The number of carbonyl (C=O) groups excluding carboxylic acids is 2. The van der Waals surface area contributed by atoms with Crippen molar-refractivity contribution in [3.05, 3.63) is 71.8 Å². The molecule has 25 heavy (non-hydrogen) atoms. The summed E-state index contributed by atoms with van der Waals surface area (Å²) in [6.07, 6.45) is 2.08. The highest BCUT2D eigenvalue weighted by molar-refractivity contribution is 5.90. The van der Waals surface area contributed by atoms with E-state index in [1.807, 2.05) is 54.6 Å². The Kier molecular flexibility index (Phi) is 6.77. The summed E-state index contributed by atoms with van der Waals surface area (Å²) < 4.78 is 10.2. The first-order valence-electron chi connectivity index (χ1n) is 7.93. The number of carbonyl (C=O) groups is 2. The molecule has 0 unspecified atom stereocenters. The van der Waals surface area contributed by atoms with Crippen molar-refractivity contribution >= 4 is 18.0 Å². The number of benzene rings is 2. The molecule has 2 aromatic carbocycles. The maximum Gasteiger partial charge on any atom is 0.331 e. The third-order valence-electron chi connectivity index (χ3n) is 3.50. The number of hydrogen-bond donors (Lipinski definition) is 1. The molecule has 2 aromatic rings. The lowest BCUT2D eigenvalue weighted by molar-refractivity contribution is -0.150. The van der Waals surface area contributed by atoms with Gasteiger partial charge in [-0.15, -0.1) is 0 Å². The maximum absolute atomic E-state index is 12.0. The van der Waals surface area contributed by atoms with Gasteiger partial charge >= 0.3 is 5.97 Å². The van der Waals surface area contributed by atoms with Crippen molar-refractivity contribution in [3.8, 4) is 5.75 Å². The van der Waals surface area contributed by atoms with Gasteiger partial charge in [-0.2, -0.15) is 0 Å². The van der Waals surface area contributed by atoms with Crippen LogP contribution in [-0.2, 0) is 20.9 Å². The van der Waals surface area contributed by atoms with Gasteiger partial charge in [0.2, 0.25) is 0 Å². The minimum absolute atomic E-state index is 0.350. The van der Waals surface area contributed by atoms with E-state index in [0.29, 0.717) is 6.54 Å². The second kappa shape index (κ2) is 9.27. The molecule has 0 aliphatic rings. The summed E-state index contributed by atoms with van der Waals surface area (Å²) >= 11 is 0. The van der Waals surface area contributed by atoms with Crippen LogP contribution in [0.15, 0.2) is 60.7 Å². The Labute approximate surface area is 147 Å². The molecule has 0 fully saturated rings. The Balaban J connectivity index is 1.78. The third kappa shape index (κ3) is 6.14. The Morgan fingerprint density at radius 2 is 1.76 bits per heavy atom. The second-order valence-corrected chi connectivity index (χ2v) is 5.39. The fourth-order valence-electron chi connectivity index (χ4n) is 2.07. The van der Waals surface area contributed by atoms with E-state index in [1.165, 1.54) is 13.0 Å². The quantitative estimate of drug-likeness (QED) is 0.622. The van der Waals surface area contributed by atoms with E-state index in [1.54, 1.807) is 13.2 Å². The molecular formula is C20H21NO4. The van der Waals surface area contributed by atoms with Crippen LogP contribution in [0.3, 0.4) is 0 Å². The molecule has 0 bridgehead atoms. The Hall–Kier alpha value is -3.08. The van der Waals surface area contributed by atoms with E-state index in [9.17, 15) is 9.59 Å². The summed E-state index contributed by atoms with van der Waals surface area (Å²) in [6, 6.07) is 16.7. The fourth-order valence-corrected chi connectivity index (χ4v) is 2.07. The van der Waals surface area contributed by atoms with Crippen LogP contribution in [0.25, 0.3) is 6.08 Å². The largest absolute Gasteiger partial charge is 0.497 e. The normalized spacial score (nSPS) is 11.8. The van der Waals surface area contributed by atoms with E-state index in [0.717, 1.165) is 16.9 Å². The van der Waals surface area contributed by atoms with Crippen LogP contribution in [0, 0.1) is 0 Å². The van der Waals surface area contributed by atoms with E-state index in [2.05, 4.69) is 5.32 Å². The molecule has 0 saturated carbocycles. The van der Waals surface area contributed by atoms with Gasteiger partial charge in [0.15, 0.2) is 6.10 Å². The lowest BCUT2D eigenvalue weighted by Crippen LogP contribution is -2.35. The molecule has 5 nitrogen and oxygen atoms in total. The number of ether oxygens (including phenoxy) is 2. The standard InChI is InChI=1S/C20H21NO4/c1-15(25-19(22)13-10-16-6-4-3-5-7-16)20(23)21-14-17-8-11-18(24-2)12-9-17/h3-13,15H,14H2,1-2H3,(H,21,23)/b13-10+/t15-/m0/s1. The van der Waals surface area contributed by atoms with Crippen LogP contribution < -0.4 is 10.1 Å². The molecule has 1 amide bonds. The van der Waals surface area contributed by atoms with Crippen molar-refractivity contribution in [2.24, 2.45) is 0 Å². The number of amides is 1. The molecule has 0 heterocycles. The molecule has 0 aliphatic heterocycles. The molecular weight excluding hydrogens is 318 g/mol. The van der Waals surface area contributed by atoms with E-state index in [4.69, 9.17) is 9.47 Å². The van der Waals surface area contributed by atoms with Crippen LogP contribution in [0.1, 0.15) is 18.1 Å². The molecule has 0 spiro atoms. The third-order valence-corrected chi connectivity index (χ3v) is 3.50. The predicted molar refractivity (Wildman–Crippen MR) is 95.9 cm³/mol. The first kappa shape index (κ1) is 18.3. The van der Waals surface area contributed by atoms with Crippen molar-refractivity contribution in [2.45, 2.75) is 19.6 Å². The van der Waals surface area contributed by atoms with E-state index >= 15 is 0 Å². The zero-order valence-corrected chi connectivity index (χ0v) is 14.3. The van der Waals surface area contributed by atoms with Crippen LogP contribution in [-0.4, -0.2) is 25.1 Å². The van der Waals surface area contributed by atoms with Crippen LogP contribution in [0.2, 0.25) is 0 Å².